The SMILES string of the molecule is NCc1cc2c(cn1)NCC2. The van der Waals surface area contributed by atoms with E-state index in [-0.39, 0.29) is 0 Å². The zero-order valence-electron chi connectivity index (χ0n) is 6.30. The van der Waals surface area contributed by atoms with Crippen LogP contribution in [0.25, 0.3) is 0 Å². The molecule has 0 spiro atoms. The molecule has 3 nitrogen and oxygen atoms in total. The van der Waals surface area contributed by atoms with Gasteiger partial charge in [-0.1, -0.05) is 0 Å². The van der Waals surface area contributed by atoms with Crippen molar-refractivity contribution in [3.05, 3.63) is 23.5 Å². The molecule has 2 heterocycles. The molecule has 1 aromatic heterocycles. The van der Waals surface area contributed by atoms with Crippen molar-refractivity contribution in [2.45, 2.75) is 13.0 Å². The second-order valence-electron chi connectivity index (χ2n) is 2.71. The Hall–Kier alpha value is -1.09. The molecule has 1 aliphatic heterocycles. The first-order valence-corrected chi connectivity index (χ1v) is 3.82. The molecule has 58 valence electrons. The molecular formula is C8H11N3. The highest BCUT2D eigenvalue weighted by atomic mass is 14.9. The number of hydrogen-bond acceptors (Lipinski definition) is 3. The van der Waals surface area contributed by atoms with Crippen molar-refractivity contribution in [2.24, 2.45) is 5.73 Å². The average molecular weight is 149 g/mol. The van der Waals surface area contributed by atoms with Crippen LogP contribution in [-0.2, 0) is 13.0 Å². The van der Waals surface area contributed by atoms with Crippen molar-refractivity contribution in [2.75, 3.05) is 11.9 Å². The molecule has 0 saturated carbocycles. The number of nitrogens with one attached hydrogen (secondary N) is 1. The summed E-state index contributed by atoms with van der Waals surface area (Å²) in [7, 11) is 0. The van der Waals surface area contributed by atoms with Crippen LogP contribution >= 0.6 is 0 Å². The van der Waals surface area contributed by atoms with Crippen LogP contribution in [0.4, 0.5) is 5.69 Å². The molecule has 0 aliphatic carbocycles. The molecule has 1 aliphatic rings. The third-order valence-electron chi connectivity index (χ3n) is 1.97. The molecule has 3 N–H and O–H groups in total. The van der Waals surface area contributed by atoms with Gasteiger partial charge in [-0.2, -0.15) is 0 Å². The van der Waals surface area contributed by atoms with Crippen LogP contribution in [0.15, 0.2) is 12.3 Å². The Morgan fingerprint density at radius 2 is 2.55 bits per heavy atom. The van der Waals surface area contributed by atoms with Gasteiger partial charge in [-0.3, -0.25) is 4.98 Å². The van der Waals surface area contributed by atoms with Gasteiger partial charge in [0.05, 0.1) is 17.6 Å². The molecule has 0 aromatic carbocycles. The Labute approximate surface area is 65.6 Å². The van der Waals surface area contributed by atoms with Crippen LogP contribution in [0.1, 0.15) is 11.3 Å². The van der Waals surface area contributed by atoms with Crippen molar-refractivity contribution in [3.63, 3.8) is 0 Å². The number of pyridine rings is 1. The Bertz CT molecular complexity index is 270. The van der Waals surface area contributed by atoms with Gasteiger partial charge in [0, 0.05) is 13.1 Å². The fraction of sp³-hybridized carbons (Fsp3) is 0.375. The molecule has 0 atom stereocenters. The highest BCUT2D eigenvalue weighted by Crippen LogP contribution is 2.20. The molecule has 3 heteroatoms. The molecule has 0 amide bonds. The van der Waals surface area contributed by atoms with Gasteiger partial charge in [0.2, 0.25) is 0 Å². The van der Waals surface area contributed by atoms with E-state index in [9.17, 15) is 0 Å². The number of fused-ring (bicyclic) bond motifs is 1. The fourth-order valence-corrected chi connectivity index (χ4v) is 1.36. The normalized spacial score (nSPS) is 14.3. The van der Waals surface area contributed by atoms with E-state index < -0.39 is 0 Å². The van der Waals surface area contributed by atoms with E-state index in [1.54, 1.807) is 0 Å². The zero-order chi connectivity index (χ0) is 7.68. The summed E-state index contributed by atoms with van der Waals surface area (Å²) < 4.78 is 0. The summed E-state index contributed by atoms with van der Waals surface area (Å²) in [6.07, 6.45) is 2.97. The molecular weight excluding hydrogens is 138 g/mol. The number of aromatic nitrogens is 1. The summed E-state index contributed by atoms with van der Waals surface area (Å²) in [5.41, 5.74) is 8.96. The van der Waals surface area contributed by atoms with E-state index in [4.69, 9.17) is 5.73 Å². The summed E-state index contributed by atoms with van der Waals surface area (Å²) in [6.45, 7) is 1.57. The minimum atomic E-state index is 0.535. The fourth-order valence-electron chi connectivity index (χ4n) is 1.36. The van der Waals surface area contributed by atoms with E-state index in [0.717, 1.165) is 18.7 Å². The molecule has 0 radical (unpaired) electrons. The van der Waals surface area contributed by atoms with Crippen molar-refractivity contribution in [3.8, 4) is 0 Å². The number of hydrogen-bond donors (Lipinski definition) is 2. The minimum absolute atomic E-state index is 0.535. The first-order chi connectivity index (χ1) is 5.40. The molecule has 0 bridgehead atoms. The predicted molar refractivity (Wildman–Crippen MR) is 44.3 cm³/mol. The molecule has 0 fully saturated rings. The molecule has 11 heavy (non-hydrogen) atoms. The topological polar surface area (TPSA) is 50.9 Å². The standard InChI is InChI=1S/C8H11N3/c9-4-7-3-6-1-2-10-8(6)5-11-7/h3,5,10H,1-2,4,9H2. The molecule has 1 aromatic rings. The van der Waals surface area contributed by atoms with Gasteiger partial charge in [-0.25, -0.2) is 0 Å². The van der Waals surface area contributed by atoms with E-state index in [0.29, 0.717) is 6.54 Å². The van der Waals surface area contributed by atoms with E-state index in [1.165, 1.54) is 11.3 Å². The predicted octanol–water partition coefficient (Wildman–Crippen LogP) is 0.508. The quantitative estimate of drug-likeness (QED) is 0.611. The zero-order valence-corrected chi connectivity index (χ0v) is 6.30. The van der Waals surface area contributed by atoms with Gasteiger partial charge >= 0.3 is 0 Å². The molecule has 0 saturated heterocycles. The average Bonchev–Trinajstić information content (AvgIpc) is 2.50. The van der Waals surface area contributed by atoms with Crippen molar-refractivity contribution in [1.82, 2.24) is 4.98 Å². The number of anilines is 1. The van der Waals surface area contributed by atoms with E-state index in [1.807, 2.05) is 6.20 Å². The Morgan fingerprint density at radius 3 is 3.36 bits per heavy atom. The highest BCUT2D eigenvalue weighted by Gasteiger charge is 2.09. The third kappa shape index (κ3) is 1.07. The first kappa shape index (κ1) is 6.61. The summed E-state index contributed by atoms with van der Waals surface area (Å²) in [5.74, 6) is 0. The Balaban J connectivity index is 2.41. The highest BCUT2D eigenvalue weighted by molar-refractivity contribution is 5.53. The smallest absolute Gasteiger partial charge is 0.0560 e. The summed E-state index contributed by atoms with van der Waals surface area (Å²) in [5, 5.41) is 3.25. The lowest BCUT2D eigenvalue weighted by molar-refractivity contribution is 0.982. The Kier molecular flexibility index (Phi) is 1.51. The van der Waals surface area contributed by atoms with Crippen LogP contribution < -0.4 is 11.1 Å². The van der Waals surface area contributed by atoms with Gasteiger partial charge in [0.25, 0.3) is 0 Å². The van der Waals surface area contributed by atoms with E-state index in [2.05, 4.69) is 16.4 Å². The summed E-state index contributed by atoms with van der Waals surface area (Å²) in [4.78, 5) is 4.18. The first-order valence-electron chi connectivity index (χ1n) is 3.82. The summed E-state index contributed by atoms with van der Waals surface area (Å²) in [6, 6.07) is 2.08. The van der Waals surface area contributed by atoms with E-state index >= 15 is 0 Å². The monoisotopic (exact) mass is 149 g/mol. The molecule has 2 rings (SSSR count). The van der Waals surface area contributed by atoms with Gasteiger partial charge in [0.1, 0.15) is 0 Å². The number of rotatable bonds is 1. The second-order valence-corrected chi connectivity index (χ2v) is 2.71. The van der Waals surface area contributed by atoms with Gasteiger partial charge < -0.3 is 11.1 Å². The van der Waals surface area contributed by atoms with Crippen LogP contribution in [0.3, 0.4) is 0 Å². The summed E-state index contributed by atoms with van der Waals surface area (Å²) >= 11 is 0. The van der Waals surface area contributed by atoms with Crippen LogP contribution in [0, 0.1) is 0 Å². The van der Waals surface area contributed by atoms with Crippen molar-refractivity contribution in [1.29, 1.82) is 0 Å². The number of nitrogens with two attached hydrogens (primary N) is 1. The maximum Gasteiger partial charge on any atom is 0.0560 e. The van der Waals surface area contributed by atoms with Gasteiger partial charge in [0.15, 0.2) is 0 Å². The second kappa shape index (κ2) is 2.51. The van der Waals surface area contributed by atoms with Crippen LogP contribution in [-0.4, -0.2) is 11.5 Å². The maximum absolute atomic E-state index is 5.46. The minimum Gasteiger partial charge on any atom is -0.383 e. The number of nitrogens with zero attached hydrogens (tertiary/aromatic N) is 1. The maximum atomic E-state index is 5.46. The van der Waals surface area contributed by atoms with Crippen LogP contribution in [0.5, 0.6) is 0 Å². The lowest BCUT2D eigenvalue weighted by Crippen LogP contribution is -1.99. The lowest BCUT2D eigenvalue weighted by atomic mass is 10.2. The lowest BCUT2D eigenvalue weighted by Gasteiger charge is -2.00. The van der Waals surface area contributed by atoms with Gasteiger partial charge in [-0.05, 0) is 18.1 Å². The largest absolute Gasteiger partial charge is 0.383 e. The van der Waals surface area contributed by atoms with Crippen molar-refractivity contribution >= 4 is 5.69 Å². The van der Waals surface area contributed by atoms with Crippen LogP contribution in [0.2, 0.25) is 0 Å². The Morgan fingerprint density at radius 1 is 1.64 bits per heavy atom. The molecule has 0 unspecified atom stereocenters. The third-order valence-corrected chi connectivity index (χ3v) is 1.97. The van der Waals surface area contributed by atoms with Gasteiger partial charge in [-0.15, -0.1) is 0 Å². The van der Waals surface area contributed by atoms with Crippen molar-refractivity contribution < 1.29 is 0 Å².